The van der Waals surface area contributed by atoms with E-state index < -0.39 is 11.9 Å². The van der Waals surface area contributed by atoms with Gasteiger partial charge in [-0.2, -0.15) is 0 Å². The van der Waals surface area contributed by atoms with Gasteiger partial charge in [-0.05, 0) is 37.1 Å². The first-order valence-electron chi connectivity index (χ1n) is 9.93. The summed E-state index contributed by atoms with van der Waals surface area (Å²) in [6, 6.07) is 7.68. The maximum atomic E-state index is 12.2. The molecule has 0 aliphatic heterocycles. The van der Waals surface area contributed by atoms with E-state index in [4.69, 9.17) is 4.74 Å². The number of amides is 2. The largest absolute Gasteiger partial charge is 0.455 e. The van der Waals surface area contributed by atoms with Gasteiger partial charge in [-0.25, -0.2) is 0 Å². The molecule has 8 heteroatoms. The van der Waals surface area contributed by atoms with E-state index in [0.29, 0.717) is 11.7 Å². The molecule has 1 aromatic rings. The van der Waals surface area contributed by atoms with Crippen molar-refractivity contribution in [2.24, 2.45) is 0 Å². The van der Waals surface area contributed by atoms with Crippen LogP contribution in [0.4, 0.5) is 11.4 Å². The fourth-order valence-corrected chi connectivity index (χ4v) is 3.95. The van der Waals surface area contributed by atoms with Crippen LogP contribution in [0.2, 0.25) is 0 Å². The molecule has 7 nitrogen and oxygen atoms in total. The van der Waals surface area contributed by atoms with Crippen LogP contribution in [0.25, 0.3) is 0 Å². The zero-order valence-corrected chi connectivity index (χ0v) is 18.3. The average Bonchev–Trinajstić information content (AvgIpc) is 2.72. The summed E-state index contributed by atoms with van der Waals surface area (Å²) >= 11 is 1.22. The second-order valence-corrected chi connectivity index (χ2v) is 8.43. The minimum Gasteiger partial charge on any atom is -0.455 e. The van der Waals surface area contributed by atoms with Gasteiger partial charge in [-0.15, -0.1) is 11.8 Å². The lowest BCUT2D eigenvalue weighted by atomic mass is 9.94. The van der Waals surface area contributed by atoms with E-state index in [-0.39, 0.29) is 24.0 Å². The van der Waals surface area contributed by atoms with Crippen LogP contribution in [0.3, 0.4) is 0 Å². The molecule has 1 fully saturated rings. The zero-order valence-electron chi connectivity index (χ0n) is 17.5. The van der Waals surface area contributed by atoms with Gasteiger partial charge in [0.25, 0.3) is 5.91 Å². The quantitative estimate of drug-likeness (QED) is 0.618. The molecule has 1 aliphatic carbocycles. The van der Waals surface area contributed by atoms with E-state index in [1.165, 1.54) is 31.0 Å². The van der Waals surface area contributed by atoms with Crippen molar-refractivity contribution >= 4 is 40.9 Å². The Labute approximate surface area is 177 Å². The van der Waals surface area contributed by atoms with Crippen molar-refractivity contribution in [3.63, 3.8) is 0 Å². The number of esters is 1. The minimum absolute atomic E-state index is 0.0358. The second-order valence-electron chi connectivity index (χ2n) is 7.44. The van der Waals surface area contributed by atoms with Crippen molar-refractivity contribution in [2.45, 2.75) is 38.1 Å². The second kappa shape index (κ2) is 11.7. The summed E-state index contributed by atoms with van der Waals surface area (Å²) in [5.41, 5.74) is 1.66. The van der Waals surface area contributed by atoms with E-state index in [1.54, 1.807) is 12.1 Å². The standard InChI is InChI=1S/C21H31N3O4S/c1-23(2)17-11-9-16(10-12-17)22-19(25)13-28-21(27)15-29-14-20(26)24(3)18-7-5-4-6-8-18/h9-12,18H,4-8,13-15H2,1-3H3,(H,22,25). The molecule has 0 radical (unpaired) electrons. The topological polar surface area (TPSA) is 79.0 Å². The van der Waals surface area contributed by atoms with Crippen molar-refractivity contribution in [1.82, 2.24) is 4.90 Å². The Kier molecular flexibility index (Phi) is 9.31. The van der Waals surface area contributed by atoms with Crippen LogP contribution >= 0.6 is 11.8 Å². The number of hydrogen-bond donors (Lipinski definition) is 1. The van der Waals surface area contributed by atoms with Gasteiger partial charge in [-0.3, -0.25) is 14.4 Å². The van der Waals surface area contributed by atoms with E-state index >= 15 is 0 Å². The van der Waals surface area contributed by atoms with Crippen LogP contribution in [-0.4, -0.2) is 68.0 Å². The number of nitrogens with one attached hydrogen (secondary N) is 1. The highest BCUT2D eigenvalue weighted by molar-refractivity contribution is 8.00. The monoisotopic (exact) mass is 421 g/mol. The lowest BCUT2D eigenvalue weighted by molar-refractivity contribution is -0.144. The molecule has 0 aromatic heterocycles. The SMILES string of the molecule is CN(C)c1ccc(NC(=O)COC(=O)CSCC(=O)N(C)C2CCCCC2)cc1. The Bertz CT molecular complexity index is 688. The highest BCUT2D eigenvalue weighted by Crippen LogP contribution is 2.22. The van der Waals surface area contributed by atoms with E-state index in [9.17, 15) is 14.4 Å². The van der Waals surface area contributed by atoms with Crippen molar-refractivity contribution in [2.75, 3.05) is 49.5 Å². The van der Waals surface area contributed by atoms with Gasteiger partial charge in [0.2, 0.25) is 5.91 Å². The number of nitrogens with zero attached hydrogens (tertiary/aromatic N) is 2. The van der Waals surface area contributed by atoms with Gasteiger partial charge in [-0.1, -0.05) is 19.3 Å². The van der Waals surface area contributed by atoms with Crippen LogP contribution in [0.5, 0.6) is 0 Å². The highest BCUT2D eigenvalue weighted by atomic mass is 32.2. The first-order valence-corrected chi connectivity index (χ1v) is 11.1. The molecule has 1 aliphatic rings. The zero-order chi connectivity index (χ0) is 21.2. The summed E-state index contributed by atoms with van der Waals surface area (Å²) in [6.45, 7) is -0.343. The summed E-state index contributed by atoms with van der Waals surface area (Å²) in [4.78, 5) is 39.8. The van der Waals surface area contributed by atoms with Crippen molar-refractivity contribution in [3.05, 3.63) is 24.3 Å². The fraction of sp³-hybridized carbons (Fsp3) is 0.571. The number of carbonyl (C=O) groups excluding carboxylic acids is 3. The fourth-order valence-electron chi connectivity index (χ4n) is 3.22. The van der Waals surface area contributed by atoms with Crippen LogP contribution in [0.1, 0.15) is 32.1 Å². The highest BCUT2D eigenvalue weighted by Gasteiger charge is 2.22. The van der Waals surface area contributed by atoms with Crippen LogP contribution in [0, 0.1) is 0 Å². The van der Waals surface area contributed by atoms with Crippen molar-refractivity contribution < 1.29 is 19.1 Å². The molecule has 0 bridgehead atoms. The molecule has 160 valence electrons. The normalized spacial score (nSPS) is 14.2. The third-order valence-electron chi connectivity index (χ3n) is 4.99. The van der Waals surface area contributed by atoms with Gasteiger partial charge < -0.3 is 19.9 Å². The molecule has 1 saturated carbocycles. The van der Waals surface area contributed by atoms with Crippen molar-refractivity contribution in [3.8, 4) is 0 Å². The number of thioether (sulfide) groups is 1. The van der Waals surface area contributed by atoms with Gasteiger partial charge in [0.1, 0.15) is 0 Å². The maximum Gasteiger partial charge on any atom is 0.316 e. The molecule has 2 rings (SSSR count). The molecule has 1 N–H and O–H groups in total. The van der Waals surface area contributed by atoms with E-state index in [0.717, 1.165) is 18.5 Å². The number of rotatable bonds is 9. The number of carbonyl (C=O) groups is 3. The maximum absolute atomic E-state index is 12.2. The molecule has 0 saturated heterocycles. The number of ether oxygens (including phenoxy) is 1. The van der Waals surface area contributed by atoms with Crippen LogP contribution < -0.4 is 10.2 Å². The molecule has 29 heavy (non-hydrogen) atoms. The van der Waals surface area contributed by atoms with E-state index in [1.807, 2.05) is 43.1 Å². The Morgan fingerprint density at radius 2 is 1.69 bits per heavy atom. The molecule has 0 unspecified atom stereocenters. The lowest BCUT2D eigenvalue weighted by Crippen LogP contribution is -2.39. The van der Waals surface area contributed by atoms with Crippen molar-refractivity contribution in [1.29, 1.82) is 0 Å². The first kappa shape index (κ1) is 23.1. The molecule has 0 atom stereocenters. The number of benzene rings is 1. The lowest BCUT2D eigenvalue weighted by Gasteiger charge is -2.31. The van der Waals surface area contributed by atoms with Gasteiger partial charge in [0.15, 0.2) is 6.61 Å². The molecule has 2 amide bonds. The molecule has 1 aromatic carbocycles. The van der Waals surface area contributed by atoms with Gasteiger partial charge in [0, 0.05) is 38.6 Å². The van der Waals surface area contributed by atoms with Crippen LogP contribution in [0.15, 0.2) is 24.3 Å². The van der Waals surface area contributed by atoms with Crippen LogP contribution in [-0.2, 0) is 19.1 Å². The Morgan fingerprint density at radius 3 is 2.31 bits per heavy atom. The Hall–Kier alpha value is -2.22. The summed E-state index contributed by atoms with van der Waals surface area (Å²) in [5.74, 6) is -0.564. The summed E-state index contributed by atoms with van der Waals surface area (Å²) in [7, 11) is 5.71. The van der Waals surface area contributed by atoms with Gasteiger partial charge in [0.05, 0.1) is 11.5 Å². The first-order chi connectivity index (χ1) is 13.9. The summed E-state index contributed by atoms with van der Waals surface area (Å²) in [6.07, 6.45) is 5.70. The molecular formula is C21H31N3O4S. The third kappa shape index (κ3) is 7.97. The Morgan fingerprint density at radius 1 is 1.03 bits per heavy atom. The average molecular weight is 422 g/mol. The summed E-state index contributed by atoms with van der Waals surface area (Å²) < 4.78 is 4.99. The molecular weight excluding hydrogens is 390 g/mol. The molecule has 0 spiro atoms. The van der Waals surface area contributed by atoms with E-state index in [2.05, 4.69) is 5.32 Å². The predicted octanol–water partition coefficient (Wildman–Crippen LogP) is 2.76. The predicted molar refractivity (Wildman–Crippen MR) is 117 cm³/mol. The Balaban J connectivity index is 1.62. The minimum atomic E-state index is -0.499. The summed E-state index contributed by atoms with van der Waals surface area (Å²) in [5, 5.41) is 2.69. The van der Waals surface area contributed by atoms with Gasteiger partial charge >= 0.3 is 5.97 Å². The number of hydrogen-bond acceptors (Lipinski definition) is 6. The third-order valence-corrected chi connectivity index (χ3v) is 5.88. The number of anilines is 2. The smallest absolute Gasteiger partial charge is 0.316 e. The molecule has 0 heterocycles.